The summed E-state index contributed by atoms with van der Waals surface area (Å²) in [6, 6.07) is 9.54. The number of nitrogens with one attached hydrogen (secondary N) is 2. The zero-order valence-electron chi connectivity index (χ0n) is 9.75. The number of fused-ring (bicyclic) bond motifs is 1. The van der Waals surface area contributed by atoms with E-state index in [1.165, 1.54) is 6.20 Å². The Hall–Kier alpha value is -3.14. The van der Waals surface area contributed by atoms with Gasteiger partial charge in [-0.3, -0.25) is 5.32 Å². The van der Waals surface area contributed by atoms with Gasteiger partial charge in [-0.1, -0.05) is 12.1 Å². The molecule has 0 saturated heterocycles. The maximum absolute atomic E-state index is 8.75. The van der Waals surface area contributed by atoms with Crippen LogP contribution in [0.1, 0.15) is 5.56 Å². The van der Waals surface area contributed by atoms with E-state index in [1.807, 2.05) is 30.3 Å². The van der Waals surface area contributed by atoms with Gasteiger partial charge in [-0.25, -0.2) is 9.97 Å². The summed E-state index contributed by atoms with van der Waals surface area (Å²) in [5, 5.41) is 11.7. The van der Waals surface area contributed by atoms with Gasteiger partial charge >= 0.3 is 0 Å². The quantitative estimate of drug-likeness (QED) is 0.636. The van der Waals surface area contributed by atoms with E-state index < -0.39 is 0 Å². The highest BCUT2D eigenvalue weighted by Crippen LogP contribution is 2.16. The first-order valence-corrected chi connectivity index (χ1v) is 5.50. The minimum absolute atomic E-state index is 0.135. The Bertz CT molecular complexity index is 751. The SMILES string of the molecule is N#Cc1cnc(Nc2nc3ccccc3[nH]2)nc1N. The van der Waals surface area contributed by atoms with Crippen LogP contribution >= 0.6 is 0 Å². The van der Waals surface area contributed by atoms with Crippen LogP contribution < -0.4 is 11.1 Å². The zero-order chi connectivity index (χ0) is 13.2. The first-order valence-electron chi connectivity index (χ1n) is 5.50. The highest BCUT2D eigenvalue weighted by atomic mass is 15.2. The number of nitrogens with zero attached hydrogens (tertiary/aromatic N) is 4. The highest BCUT2D eigenvalue weighted by molar-refractivity contribution is 5.77. The average Bonchev–Trinajstić information content (AvgIpc) is 2.81. The van der Waals surface area contributed by atoms with Crippen molar-refractivity contribution in [1.29, 1.82) is 5.26 Å². The number of nitriles is 1. The number of benzene rings is 1. The molecule has 0 unspecified atom stereocenters. The first-order chi connectivity index (χ1) is 9.26. The second-order valence-corrected chi connectivity index (χ2v) is 3.83. The minimum Gasteiger partial charge on any atom is -0.382 e. The first kappa shape index (κ1) is 11.0. The van der Waals surface area contributed by atoms with Crippen molar-refractivity contribution in [2.45, 2.75) is 0 Å². The number of nitrogens with two attached hydrogens (primary N) is 1. The fraction of sp³-hybridized carbons (Fsp3) is 0. The van der Waals surface area contributed by atoms with Crippen LogP contribution in [0.15, 0.2) is 30.5 Å². The standard InChI is InChI=1S/C12H9N7/c13-5-7-6-15-11(18-10(7)14)19-12-16-8-3-1-2-4-9(8)17-12/h1-4,6H,(H4,14,15,16,17,18,19). The Morgan fingerprint density at radius 3 is 2.84 bits per heavy atom. The van der Waals surface area contributed by atoms with Gasteiger partial charge < -0.3 is 10.7 Å². The number of hydrogen-bond donors (Lipinski definition) is 3. The predicted molar refractivity (Wildman–Crippen MR) is 70.5 cm³/mol. The molecule has 0 amide bonds. The van der Waals surface area contributed by atoms with Crippen molar-refractivity contribution in [2.75, 3.05) is 11.1 Å². The monoisotopic (exact) mass is 251 g/mol. The van der Waals surface area contributed by atoms with Crippen LogP contribution in [0.25, 0.3) is 11.0 Å². The molecule has 0 fully saturated rings. The molecule has 3 rings (SSSR count). The molecule has 3 aromatic rings. The molecule has 0 bridgehead atoms. The molecule has 2 heterocycles. The molecule has 0 saturated carbocycles. The van der Waals surface area contributed by atoms with Gasteiger partial charge in [0.15, 0.2) is 0 Å². The van der Waals surface area contributed by atoms with Crippen LogP contribution in [0.4, 0.5) is 17.7 Å². The van der Waals surface area contributed by atoms with E-state index in [2.05, 4.69) is 25.3 Å². The molecule has 0 atom stereocenters. The molecule has 19 heavy (non-hydrogen) atoms. The number of nitrogen functional groups attached to an aromatic ring is 1. The molecule has 0 aliphatic rings. The summed E-state index contributed by atoms with van der Waals surface area (Å²) in [5.41, 5.74) is 7.61. The molecule has 7 heteroatoms. The molecule has 2 aromatic heterocycles. The van der Waals surface area contributed by atoms with Crippen LogP contribution in [-0.2, 0) is 0 Å². The predicted octanol–water partition coefficient (Wildman–Crippen LogP) is 1.55. The number of anilines is 3. The summed E-state index contributed by atoms with van der Waals surface area (Å²) in [6.07, 6.45) is 1.37. The van der Waals surface area contributed by atoms with Crippen LogP contribution in [0.5, 0.6) is 0 Å². The van der Waals surface area contributed by atoms with Gasteiger partial charge in [0.2, 0.25) is 11.9 Å². The van der Waals surface area contributed by atoms with Gasteiger partial charge in [0.25, 0.3) is 0 Å². The van der Waals surface area contributed by atoms with Crippen molar-refractivity contribution in [2.24, 2.45) is 0 Å². The third-order valence-electron chi connectivity index (χ3n) is 2.56. The second-order valence-electron chi connectivity index (χ2n) is 3.83. The van der Waals surface area contributed by atoms with Crippen molar-refractivity contribution >= 4 is 28.7 Å². The van der Waals surface area contributed by atoms with Gasteiger partial charge in [0.05, 0.1) is 17.2 Å². The van der Waals surface area contributed by atoms with Crippen molar-refractivity contribution in [3.05, 3.63) is 36.0 Å². The number of hydrogen-bond acceptors (Lipinski definition) is 6. The molecule has 4 N–H and O–H groups in total. The maximum Gasteiger partial charge on any atom is 0.231 e. The van der Waals surface area contributed by atoms with Gasteiger partial charge in [0.1, 0.15) is 17.5 Å². The van der Waals surface area contributed by atoms with E-state index >= 15 is 0 Å². The van der Waals surface area contributed by atoms with E-state index in [0.717, 1.165) is 11.0 Å². The lowest BCUT2D eigenvalue weighted by Crippen LogP contribution is -2.03. The number of rotatable bonds is 2. The second kappa shape index (κ2) is 4.27. The fourth-order valence-electron chi connectivity index (χ4n) is 1.66. The lowest BCUT2D eigenvalue weighted by Gasteiger charge is -2.01. The maximum atomic E-state index is 8.75. The largest absolute Gasteiger partial charge is 0.382 e. The number of para-hydroxylation sites is 2. The fourth-order valence-corrected chi connectivity index (χ4v) is 1.66. The van der Waals surface area contributed by atoms with Crippen LogP contribution in [0.3, 0.4) is 0 Å². The van der Waals surface area contributed by atoms with Crippen LogP contribution in [-0.4, -0.2) is 19.9 Å². The number of aromatic nitrogens is 4. The van der Waals surface area contributed by atoms with Gasteiger partial charge in [-0.05, 0) is 12.1 Å². The summed E-state index contributed by atoms with van der Waals surface area (Å²) in [4.78, 5) is 15.4. The smallest absolute Gasteiger partial charge is 0.231 e. The Balaban J connectivity index is 1.92. The van der Waals surface area contributed by atoms with E-state index in [4.69, 9.17) is 11.0 Å². The summed E-state index contributed by atoms with van der Waals surface area (Å²) >= 11 is 0. The molecule has 1 aromatic carbocycles. The zero-order valence-corrected chi connectivity index (χ0v) is 9.75. The highest BCUT2D eigenvalue weighted by Gasteiger charge is 2.06. The third kappa shape index (κ3) is 2.02. The van der Waals surface area contributed by atoms with Gasteiger partial charge in [0, 0.05) is 0 Å². The topological polar surface area (TPSA) is 116 Å². The third-order valence-corrected chi connectivity index (χ3v) is 2.56. The van der Waals surface area contributed by atoms with Gasteiger partial charge in [-0.15, -0.1) is 0 Å². The van der Waals surface area contributed by atoms with E-state index in [1.54, 1.807) is 0 Å². The van der Waals surface area contributed by atoms with Crippen molar-refractivity contribution in [1.82, 2.24) is 19.9 Å². The Morgan fingerprint density at radius 2 is 2.11 bits per heavy atom. The molecule has 92 valence electrons. The lowest BCUT2D eigenvalue weighted by molar-refractivity contribution is 1.14. The number of imidazole rings is 1. The Morgan fingerprint density at radius 1 is 1.26 bits per heavy atom. The van der Waals surface area contributed by atoms with E-state index in [0.29, 0.717) is 5.95 Å². The average molecular weight is 251 g/mol. The Labute approximate surface area is 108 Å². The van der Waals surface area contributed by atoms with Crippen LogP contribution in [0.2, 0.25) is 0 Å². The number of H-pyrrole nitrogens is 1. The van der Waals surface area contributed by atoms with Crippen LogP contribution in [0, 0.1) is 11.3 Å². The minimum atomic E-state index is 0.135. The molecule has 0 radical (unpaired) electrons. The Kier molecular flexibility index (Phi) is 2.47. The normalized spacial score (nSPS) is 10.3. The van der Waals surface area contributed by atoms with Crippen molar-refractivity contribution in [3.63, 3.8) is 0 Å². The van der Waals surface area contributed by atoms with E-state index in [-0.39, 0.29) is 17.3 Å². The number of aromatic amines is 1. The lowest BCUT2D eigenvalue weighted by atomic mass is 10.3. The van der Waals surface area contributed by atoms with Gasteiger partial charge in [-0.2, -0.15) is 10.2 Å². The molecular weight excluding hydrogens is 242 g/mol. The van der Waals surface area contributed by atoms with Crippen molar-refractivity contribution < 1.29 is 0 Å². The molecular formula is C12H9N7. The molecule has 0 spiro atoms. The summed E-state index contributed by atoms with van der Waals surface area (Å²) in [7, 11) is 0. The molecule has 7 nitrogen and oxygen atoms in total. The summed E-state index contributed by atoms with van der Waals surface area (Å²) in [5.74, 6) is 0.942. The summed E-state index contributed by atoms with van der Waals surface area (Å²) < 4.78 is 0. The molecule has 0 aliphatic carbocycles. The summed E-state index contributed by atoms with van der Waals surface area (Å²) in [6.45, 7) is 0. The molecule has 0 aliphatic heterocycles. The van der Waals surface area contributed by atoms with E-state index in [9.17, 15) is 0 Å². The van der Waals surface area contributed by atoms with Crippen molar-refractivity contribution in [3.8, 4) is 6.07 Å².